The Balaban J connectivity index is 2.11. The van der Waals surface area contributed by atoms with Gasteiger partial charge in [-0.05, 0) is 17.7 Å². The topological polar surface area (TPSA) is 81.0 Å². The van der Waals surface area contributed by atoms with Gasteiger partial charge in [0, 0.05) is 18.3 Å². The van der Waals surface area contributed by atoms with Crippen molar-refractivity contribution < 1.29 is 9.53 Å². The summed E-state index contributed by atoms with van der Waals surface area (Å²) in [6.45, 7) is 0. The lowest BCUT2D eigenvalue weighted by atomic mass is 10.1. The zero-order valence-corrected chi connectivity index (χ0v) is 9.43. The first kappa shape index (κ1) is 11.2. The summed E-state index contributed by atoms with van der Waals surface area (Å²) < 4.78 is 4.57. The molecule has 0 amide bonds. The van der Waals surface area contributed by atoms with Crippen LogP contribution in [0.4, 0.5) is 5.69 Å². The van der Waals surface area contributed by atoms with Crippen LogP contribution in [0.15, 0.2) is 30.5 Å². The zero-order chi connectivity index (χ0) is 12.3. The van der Waals surface area contributed by atoms with Crippen molar-refractivity contribution in [2.24, 2.45) is 0 Å². The Morgan fingerprint density at radius 1 is 1.41 bits per heavy atom. The minimum Gasteiger partial charge on any atom is -0.463 e. The molecule has 1 aromatic heterocycles. The van der Waals surface area contributed by atoms with Gasteiger partial charge < -0.3 is 15.5 Å². The van der Waals surface area contributed by atoms with Crippen LogP contribution >= 0.6 is 0 Å². The van der Waals surface area contributed by atoms with Crippen LogP contribution in [0.3, 0.4) is 0 Å². The summed E-state index contributed by atoms with van der Waals surface area (Å²) in [5.41, 5.74) is 8.20. The molecule has 0 bridgehead atoms. The van der Waals surface area contributed by atoms with Gasteiger partial charge in [0.25, 0.3) is 0 Å². The number of imidazole rings is 1. The molecule has 0 saturated carbocycles. The molecule has 0 aliphatic rings. The summed E-state index contributed by atoms with van der Waals surface area (Å²) in [5.74, 6) is -0.244. The van der Waals surface area contributed by atoms with Gasteiger partial charge in [-0.15, -0.1) is 0 Å². The fourth-order valence-corrected chi connectivity index (χ4v) is 1.50. The van der Waals surface area contributed by atoms with Crippen molar-refractivity contribution in [1.82, 2.24) is 9.97 Å². The van der Waals surface area contributed by atoms with E-state index >= 15 is 0 Å². The second-order valence-corrected chi connectivity index (χ2v) is 3.65. The first-order valence-corrected chi connectivity index (χ1v) is 5.16. The number of ether oxygens (including phenoxy) is 1. The Kier molecular flexibility index (Phi) is 3.09. The number of carbonyl (C=O) groups excluding carboxylic acids is 1. The molecule has 0 radical (unpaired) electrons. The third kappa shape index (κ3) is 2.63. The molecule has 0 aliphatic heterocycles. The van der Waals surface area contributed by atoms with E-state index in [2.05, 4.69) is 14.7 Å². The number of H-pyrrole nitrogens is 1. The first-order chi connectivity index (χ1) is 8.19. The van der Waals surface area contributed by atoms with Gasteiger partial charge in [0.05, 0.1) is 12.8 Å². The van der Waals surface area contributed by atoms with Crippen molar-refractivity contribution in [2.75, 3.05) is 12.8 Å². The SMILES string of the molecule is COC(=O)c1nc(Cc2ccc(N)cc2)c[nH]1. The number of hydrogen-bond acceptors (Lipinski definition) is 4. The number of methoxy groups -OCH3 is 1. The Morgan fingerprint density at radius 2 is 2.12 bits per heavy atom. The highest BCUT2D eigenvalue weighted by Crippen LogP contribution is 2.10. The molecule has 2 rings (SSSR count). The van der Waals surface area contributed by atoms with E-state index in [9.17, 15) is 4.79 Å². The van der Waals surface area contributed by atoms with Crippen LogP contribution in [-0.2, 0) is 11.2 Å². The largest absolute Gasteiger partial charge is 0.463 e. The predicted molar refractivity (Wildman–Crippen MR) is 63.6 cm³/mol. The Labute approximate surface area is 98.6 Å². The van der Waals surface area contributed by atoms with E-state index in [0.29, 0.717) is 6.42 Å². The van der Waals surface area contributed by atoms with Gasteiger partial charge in [-0.2, -0.15) is 0 Å². The number of nitrogens with two attached hydrogens (primary N) is 1. The maximum absolute atomic E-state index is 11.2. The average Bonchev–Trinajstić information content (AvgIpc) is 2.80. The Morgan fingerprint density at radius 3 is 2.76 bits per heavy atom. The number of rotatable bonds is 3. The molecule has 5 heteroatoms. The minimum atomic E-state index is -0.464. The fraction of sp³-hybridized carbons (Fsp3) is 0.167. The lowest BCUT2D eigenvalue weighted by molar-refractivity contribution is 0.0588. The molecule has 1 aromatic carbocycles. The second-order valence-electron chi connectivity index (χ2n) is 3.65. The van der Waals surface area contributed by atoms with Crippen molar-refractivity contribution in [1.29, 1.82) is 0 Å². The summed E-state index contributed by atoms with van der Waals surface area (Å²) in [6.07, 6.45) is 2.34. The third-order valence-corrected chi connectivity index (χ3v) is 2.37. The zero-order valence-electron chi connectivity index (χ0n) is 9.43. The van der Waals surface area contributed by atoms with Crippen LogP contribution in [0.1, 0.15) is 21.9 Å². The number of aromatic nitrogens is 2. The molecule has 88 valence electrons. The van der Waals surface area contributed by atoms with Crippen molar-refractivity contribution in [2.45, 2.75) is 6.42 Å². The molecule has 3 N–H and O–H groups in total. The van der Waals surface area contributed by atoms with Crippen LogP contribution in [0, 0.1) is 0 Å². The van der Waals surface area contributed by atoms with Crippen LogP contribution in [0.2, 0.25) is 0 Å². The number of nitrogen functional groups attached to an aromatic ring is 1. The highest BCUT2D eigenvalue weighted by atomic mass is 16.5. The first-order valence-electron chi connectivity index (χ1n) is 5.16. The van der Waals surface area contributed by atoms with Gasteiger partial charge in [0.2, 0.25) is 5.82 Å². The van der Waals surface area contributed by atoms with E-state index in [0.717, 1.165) is 16.9 Å². The van der Waals surface area contributed by atoms with E-state index in [1.807, 2.05) is 24.3 Å². The lowest BCUT2D eigenvalue weighted by Crippen LogP contribution is -2.03. The van der Waals surface area contributed by atoms with Gasteiger partial charge in [0.1, 0.15) is 0 Å². The summed E-state index contributed by atoms with van der Waals surface area (Å²) in [5, 5.41) is 0. The van der Waals surface area contributed by atoms with E-state index in [1.54, 1.807) is 6.20 Å². The smallest absolute Gasteiger partial charge is 0.374 e. The number of esters is 1. The normalized spacial score (nSPS) is 10.2. The van der Waals surface area contributed by atoms with Gasteiger partial charge in [-0.1, -0.05) is 12.1 Å². The van der Waals surface area contributed by atoms with Gasteiger partial charge >= 0.3 is 5.97 Å². The lowest BCUT2D eigenvalue weighted by Gasteiger charge is -1.98. The molecular formula is C12H13N3O2. The number of anilines is 1. The molecular weight excluding hydrogens is 218 g/mol. The minimum absolute atomic E-state index is 0.220. The van der Waals surface area contributed by atoms with Crippen LogP contribution in [-0.4, -0.2) is 23.0 Å². The Hall–Kier alpha value is -2.30. The van der Waals surface area contributed by atoms with Crippen molar-refractivity contribution >= 4 is 11.7 Å². The average molecular weight is 231 g/mol. The van der Waals surface area contributed by atoms with Crippen LogP contribution in [0.25, 0.3) is 0 Å². The summed E-state index contributed by atoms with van der Waals surface area (Å²) in [6, 6.07) is 7.54. The van der Waals surface area contributed by atoms with Crippen molar-refractivity contribution in [3.05, 3.63) is 47.5 Å². The second kappa shape index (κ2) is 4.69. The number of carbonyl (C=O) groups is 1. The molecule has 2 aromatic rings. The molecule has 0 fully saturated rings. The van der Waals surface area contributed by atoms with E-state index in [-0.39, 0.29) is 5.82 Å². The van der Waals surface area contributed by atoms with Crippen LogP contribution in [0.5, 0.6) is 0 Å². The van der Waals surface area contributed by atoms with Crippen molar-refractivity contribution in [3.63, 3.8) is 0 Å². The standard InChI is InChI=1S/C12H13N3O2/c1-17-12(16)11-14-7-10(15-11)6-8-2-4-9(13)5-3-8/h2-5,7H,6,13H2,1H3,(H,14,15). The molecule has 17 heavy (non-hydrogen) atoms. The maximum Gasteiger partial charge on any atom is 0.374 e. The quantitative estimate of drug-likeness (QED) is 0.617. The van der Waals surface area contributed by atoms with E-state index in [1.165, 1.54) is 7.11 Å². The number of nitrogens with zero attached hydrogens (tertiary/aromatic N) is 1. The maximum atomic E-state index is 11.2. The van der Waals surface area contributed by atoms with Crippen molar-refractivity contribution in [3.8, 4) is 0 Å². The fourth-order valence-electron chi connectivity index (χ4n) is 1.50. The molecule has 0 atom stereocenters. The van der Waals surface area contributed by atoms with E-state index in [4.69, 9.17) is 5.73 Å². The summed E-state index contributed by atoms with van der Waals surface area (Å²) in [7, 11) is 1.32. The van der Waals surface area contributed by atoms with Gasteiger partial charge in [0.15, 0.2) is 0 Å². The highest BCUT2D eigenvalue weighted by molar-refractivity contribution is 5.85. The monoisotopic (exact) mass is 231 g/mol. The highest BCUT2D eigenvalue weighted by Gasteiger charge is 2.10. The van der Waals surface area contributed by atoms with Gasteiger partial charge in [-0.3, -0.25) is 0 Å². The van der Waals surface area contributed by atoms with Crippen LogP contribution < -0.4 is 5.73 Å². The third-order valence-electron chi connectivity index (χ3n) is 2.37. The summed E-state index contributed by atoms with van der Waals surface area (Å²) >= 11 is 0. The number of nitrogens with one attached hydrogen (secondary N) is 1. The molecule has 0 spiro atoms. The Bertz CT molecular complexity index is 517. The van der Waals surface area contributed by atoms with Gasteiger partial charge in [-0.25, -0.2) is 9.78 Å². The summed E-state index contributed by atoms with van der Waals surface area (Å²) in [4.78, 5) is 18.1. The molecule has 0 saturated heterocycles. The molecule has 1 heterocycles. The predicted octanol–water partition coefficient (Wildman–Crippen LogP) is 1.37. The molecule has 5 nitrogen and oxygen atoms in total. The number of aromatic amines is 1. The number of benzene rings is 1. The van der Waals surface area contributed by atoms with E-state index < -0.39 is 5.97 Å². The molecule has 0 unspecified atom stereocenters. The molecule has 0 aliphatic carbocycles. The number of hydrogen-bond donors (Lipinski definition) is 2.